The van der Waals surface area contributed by atoms with Crippen LogP contribution in [0.3, 0.4) is 0 Å². The van der Waals surface area contributed by atoms with E-state index in [1.165, 1.54) is 115 Å². The van der Waals surface area contributed by atoms with E-state index in [4.69, 9.17) is 0 Å². The van der Waals surface area contributed by atoms with Crippen LogP contribution in [0, 0.1) is 6.92 Å². The molecule has 0 heterocycles. The van der Waals surface area contributed by atoms with Gasteiger partial charge in [0.1, 0.15) is 0 Å². The number of aryl methyl sites for hydroxylation is 1. The van der Waals surface area contributed by atoms with Crippen molar-refractivity contribution in [3.63, 3.8) is 0 Å². The molecule has 11 rings (SSSR count). The number of fused-ring (bicyclic) bond motifs is 12. The molecule has 11 aromatic rings. The fraction of sp³-hybridized carbons (Fsp3) is 0.0182. The summed E-state index contributed by atoms with van der Waals surface area (Å²) in [5.41, 5.74) is 11.0. The smallest absolute Gasteiger partial charge is 0.00928 e. The van der Waals surface area contributed by atoms with Crippen LogP contribution < -0.4 is 0 Å². The summed E-state index contributed by atoms with van der Waals surface area (Å²) in [6.07, 6.45) is 0. The van der Waals surface area contributed by atoms with Gasteiger partial charge in [0.05, 0.1) is 0 Å². The van der Waals surface area contributed by atoms with Gasteiger partial charge in [0.25, 0.3) is 0 Å². The third kappa shape index (κ3) is 5.22. The molecule has 0 amide bonds. The first-order valence-electron chi connectivity index (χ1n) is 19.2. The van der Waals surface area contributed by atoms with Crippen molar-refractivity contribution < 1.29 is 0 Å². The number of hydrogen-bond acceptors (Lipinski definition) is 0. The Hall–Kier alpha value is -7.02. The Morgan fingerprint density at radius 3 is 0.782 bits per heavy atom. The minimum absolute atomic E-state index is 1.22. The quantitative estimate of drug-likeness (QED) is 0.161. The molecule has 0 saturated carbocycles. The van der Waals surface area contributed by atoms with Gasteiger partial charge in [-0.1, -0.05) is 170 Å². The summed E-state index contributed by atoms with van der Waals surface area (Å²) in [5.74, 6) is 0. The normalized spacial score (nSPS) is 11.7. The Bertz CT molecular complexity index is 3040. The molecule has 0 heteroatoms. The van der Waals surface area contributed by atoms with Crippen LogP contribution in [0.2, 0.25) is 0 Å². The standard InChI is InChI=1S/C55H36/c1-35-28-42(38-14-10-12-36(30-38)40-24-26-52-48-20-4-2-16-44(48)46-18-6-8-22-50(46)54(52)33-40)32-43(29-35)39-15-11-13-37(31-39)41-25-27-53-49-21-5-3-17-45(49)47-19-7-9-23-51(47)55(53)34-41/h2-34H,1H3. The molecule has 0 bridgehead atoms. The molecule has 0 nitrogen and oxygen atoms in total. The fourth-order valence-electron chi connectivity index (χ4n) is 9.05. The molecule has 0 aliphatic heterocycles. The maximum atomic E-state index is 2.38. The van der Waals surface area contributed by atoms with Crippen LogP contribution in [0.25, 0.3) is 109 Å². The highest BCUT2D eigenvalue weighted by Gasteiger charge is 2.13. The van der Waals surface area contributed by atoms with Crippen LogP contribution in [0.4, 0.5) is 0 Å². The van der Waals surface area contributed by atoms with Crippen molar-refractivity contribution in [3.05, 3.63) is 206 Å². The molecule has 0 unspecified atom stereocenters. The predicted octanol–water partition coefficient (Wildman–Crippen LogP) is 15.6. The average molecular weight is 697 g/mol. The van der Waals surface area contributed by atoms with Crippen molar-refractivity contribution in [1.29, 1.82) is 0 Å². The Balaban J connectivity index is 0.984. The van der Waals surface area contributed by atoms with E-state index in [0.717, 1.165) is 0 Å². The van der Waals surface area contributed by atoms with Crippen molar-refractivity contribution in [2.75, 3.05) is 0 Å². The third-order valence-electron chi connectivity index (χ3n) is 11.6. The highest BCUT2D eigenvalue weighted by molar-refractivity contribution is 6.27. The van der Waals surface area contributed by atoms with Gasteiger partial charge in [0.15, 0.2) is 0 Å². The van der Waals surface area contributed by atoms with Gasteiger partial charge in [0.2, 0.25) is 0 Å². The first-order valence-corrected chi connectivity index (χ1v) is 19.2. The van der Waals surface area contributed by atoms with Gasteiger partial charge in [-0.2, -0.15) is 0 Å². The Morgan fingerprint density at radius 1 is 0.182 bits per heavy atom. The topological polar surface area (TPSA) is 0 Å². The van der Waals surface area contributed by atoms with Gasteiger partial charge in [-0.15, -0.1) is 0 Å². The molecule has 0 aliphatic carbocycles. The zero-order valence-corrected chi connectivity index (χ0v) is 30.6. The zero-order valence-electron chi connectivity index (χ0n) is 30.6. The monoisotopic (exact) mass is 696 g/mol. The van der Waals surface area contributed by atoms with E-state index in [9.17, 15) is 0 Å². The maximum Gasteiger partial charge on any atom is -0.00928 e. The molecule has 55 heavy (non-hydrogen) atoms. The predicted molar refractivity (Wildman–Crippen MR) is 238 cm³/mol. The molecule has 0 aliphatic rings. The van der Waals surface area contributed by atoms with E-state index >= 15 is 0 Å². The second-order valence-electron chi connectivity index (χ2n) is 15.0. The van der Waals surface area contributed by atoms with Gasteiger partial charge in [-0.3, -0.25) is 0 Å². The van der Waals surface area contributed by atoms with Crippen LogP contribution in [-0.4, -0.2) is 0 Å². The summed E-state index contributed by atoms with van der Waals surface area (Å²) in [5, 5.41) is 15.6. The van der Waals surface area contributed by atoms with E-state index in [1.54, 1.807) is 0 Å². The van der Waals surface area contributed by atoms with Gasteiger partial charge in [-0.05, 0) is 152 Å². The van der Waals surface area contributed by atoms with Crippen molar-refractivity contribution in [3.8, 4) is 44.5 Å². The minimum atomic E-state index is 1.22. The van der Waals surface area contributed by atoms with E-state index in [2.05, 4.69) is 207 Å². The summed E-state index contributed by atoms with van der Waals surface area (Å²) < 4.78 is 0. The van der Waals surface area contributed by atoms with Crippen LogP contribution in [-0.2, 0) is 0 Å². The highest BCUT2D eigenvalue weighted by Crippen LogP contribution is 2.40. The molecule has 0 fully saturated rings. The van der Waals surface area contributed by atoms with Gasteiger partial charge in [-0.25, -0.2) is 0 Å². The summed E-state index contributed by atoms with van der Waals surface area (Å²) in [6, 6.07) is 74.2. The van der Waals surface area contributed by atoms with Gasteiger partial charge in [0, 0.05) is 0 Å². The highest BCUT2D eigenvalue weighted by atomic mass is 14.2. The van der Waals surface area contributed by atoms with Crippen molar-refractivity contribution in [1.82, 2.24) is 0 Å². The summed E-state index contributed by atoms with van der Waals surface area (Å²) in [6.45, 7) is 2.21. The Kier molecular flexibility index (Phi) is 7.19. The molecule has 0 N–H and O–H groups in total. The molecular formula is C55H36. The Morgan fingerprint density at radius 2 is 0.436 bits per heavy atom. The van der Waals surface area contributed by atoms with Crippen LogP contribution in [0.1, 0.15) is 5.56 Å². The van der Waals surface area contributed by atoms with Crippen LogP contribution in [0.15, 0.2) is 200 Å². The van der Waals surface area contributed by atoms with Crippen molar-refractivity contribution >= 4 is 64.6 Å². The number of hydrogen-bond donors (Lipinski definition) is 0. The molecule has 0 atom stereocenters. The zero-order chi connectivity index (χ0) is 36.5. The second kappa shape index (κ2) is 12.5. The minimum Gasteiger partial charge on any atom is -0.0616 e. The average Bonchev–Trinajstić information content (AvgIpc) is 3.26. The van der Waals surface area contributed by atoms with E-state index < -0.39 is 0 Å². The van der Waals surface area contributed by atoms with E-state index in [0.29, 0.717) is 0 Å². The number of benzene rings is 11. The second-order valence-corrected chi connectivity index (χ2v) is 15.0. The fourth-order valence-corrected chi connectivity index (χ4v) is 9.05. The summed E-state index contributed by atoms with van der Waals surface area (Å²) >= 11 is 0. The molecule has 0 radical (unpaired) electrons. The van der Waals surface area contributed by atoms with Crippen molar-refractivity contribution in [2.24, 2.45) is 0 Å². The molecule has 0 aromatic heterocycles. The number of rotatable bonds is 4. The first kappa shape index (κ1) is 31.5. The lowest BCUT2D eigenvalue weighted by Gasteiger charge is -2.14. The van der Waals surface area contributed by atoms with Crippen LogP contribution in [0.5, 0.6) is 0 Å². The SMILES string of the molecule is Cc1cc(-c2cccc(-c3ccc4c5ccccc5c5ccccc5c4c3)c2)cc(-c2cccc(-c3ccc4c5ccccc5c5ccccc5c4c3)c2)c1. The lowest BCUT2D eigenvalue weighted by atomic mass is 9.90. The van der Waals surface area contributed by atoms with Crippen molar-refractivity contribution in [2.45, 2.75) is 6.92 Å². The van der Waals surface area contributed by atoms with E-state index in [1.807, 2.05) is 0 Å². The van der Waals surface area contributed by atoms with E-state index in [-0.39, 0.29) is 0 Å². The Labute approximate surface area is 320 Å². The van der Waals surface area contributed by atoms with Gasteiger partial charge >= 0.3 is 0 Å². The summed E-state index contributed by atoms with van der Waals surface area (Å²) in [4.78, 5) is 0. The first-order chi connectivity index (χ1) is 27.2. The lowest BCUT2D eigenvalue weighted by molar-refractivity contribution is 1.46. The molecule has 11 aromatic carbocycles. The molecule has 0 spiro atoms. The molecule has 256 valence electrons. The molecule has 0 saturated heterocycles. The maximum absolute atomic E-state index is 2.38. The van der Waals surface area contributed by atoms with Crippen LogP contribution >= 0.6 is 0 Å². The lowest BCUT2D eigenvalue weighted by Crippen LogP contribution is -1.88. The van der Waals surface area contributed by atoms with Gasteiger partial charge < -0.3 is 0 Å². The molecular weight excluding hydrogens is 661 g/mol. The summed E-state index contributed by atoms with van der Waals surface area (Å²) in [7, 11) is 0. The third-order valence-corrected chi connectivity index (χ3v) is 11.6. The largest absolute Gasteiger partial charge is 0.0616 e.